The number of anilines is 1. The van der Waals surface area contributed by atoms with Gasteiger partial charge in [-0.05, 0) is 32.9 Å². The van der Waals surface area contributed by atoms with Crippen molar-refractivity contribution in [3.63, 3.8) is 0 Å². The van der Waals surface area contributed by atoms with Gasteiger partial charge in [-0.2, -0.15) is 0 Å². The smallest absolute Gasteiger partial charge is 0.0485 e. The van der Waals surface area contributed by atoms with Gasteiger partial charge in [0.2, 0.25) is 0 Å². The zero-order valence-corrected chi connectivity index (χ0v) is 9.33. The Morgan fingerprint density at radius 2 is 1.64 bits per heavy atom. The minimum Gasteiger partial charge on any atom is -0.305 e. The highest BCUT2D eigenvalue weighted by atomic mass is 15.1. The van der Waals surface area contributed by atoms with Crippen LogP contribution in [0.4, 0.5) is 5.69 Å². The van der Waals surface area contributed by atoms with Crippen LogP contribution >= 0.6 is 0 Å². The van der Waals surface area contributed by atoms with Crippen LogP contribution in [-0.2, 0) is 0 Å². The molecule has 74 valence electrons. The van der Waals surface area contributed by atoms with Crippen LogP contribution in [0.5, 0.6) is 0 Å². The average molecular weight is 187 g/mol. The van der Waals surface area contributed by atoms with E-state index < -0.39 is 0 Å². The molecule has 0 heterocycles. The molecule has 0 radical (unpaired) electrons. The predicted molar refractivity (Wildman–Crippen MR) is 62.1 cm³/mol. The van der Waals surface area contributed by atoms with Crippen molar-refractivity contribution in [1.82, 2.24) is 0 Å². The summed E-state index contributed by atoms with van der Waals surface area (Å²) in [6, 6.07) is 13.3. The average Bonchev–Trinajstić information content (AvgIpc) is 2.14. The van der Waals surface area contributed by atoms with E-state index in [2.05, 4.69) is 44.9 Å². The van der Waals surface area contributed by atoms with Crippen LogP contribution in [0.3, 0.4) is 0 Å². The van der Waals surface area contributed by atoms with E-state index in [-0.39, 0.29) is 5.41 Å². The Labute approximate surface area is 86.7 Å². The van der Waals surface area contributed by atoms with E-state index in [1.807, 2.05) is 30.1 Å². The maximum absolute atomic E-state index is 3.20. The fourth-order valence-corrected chi connectivity index (χ4v) is 0.968. The van der Waals surface area contributed by atoms with Gasteiger partial charge in [0.05, 0.1) is 0 Å². The third-order valence-electron chi connectivity index (χ3n) is 1.74. The number of para-hydroxylation sites is 1. The van der Waals surface area contributed by atoms with Gasteiger partial charge in [-0.1, -0.05) is 24.1 Å². The van der Waals surface area contributed by atoms with Crippen LogP contribution in [0.2, 0.25) is 0 Å². The molecule has 1 aromatic rings. The molecule has 14 heavy (non-hydrogen) atoms. The minimum absolute atomic E-state index is 0.0586. The van der Waals surface area contributed by atoms with E-state index in [9.17, 15) is 0 Å². The Hall–Kier alpha value is -1.42. The molecule has 1 nitrogen and oxygen atoms in total. The predicted octanol–water partition coefficient (Wildman–Crippen LogP) is 3.13. The monoisotopic (exact) mass is 187 g/mol. The van der Waals surface area contributed by atoms with Crippen LogP contribution < -0.4 is 4.90 Å². The first-order chi connectivity index (χ1) is 6.49. The Morgan fingerprint density at radius 1 is 1.07 bits per heavy atom. The summed E-state index contributed by atoms with van der Waals surface area (Å²) in [5, 5.41) is 0. The van der Waals surface area contributed by atoms with E-state index in [1.165, 1.54) is 0 Å². The summed E-state index contributed by atoms with van der Waals surface area (Å²) in [5.74, 6) is 3.20. The van der Waals surface area contributed by atoms with E-state index >= 15 is 0 Å². The van der Waals surface area contributed by atoms with Crippen molar-refractivity contribution in [2.75, 3.05) is 11.9 Å². The first-order valence-electron chi connectivity index (χ1n) is 4.81. The van der Waals surface area contributed by atoms with Gasteiger partial charge in [0, 0.05) is 24.2 Å². The van der Waals surface area contributed by atoms with Crippen molar-refractivity contribution in [3.8, 4) is 12.0 Å². The normalized spacial score (nSPS) is 10.3. The standard InChI is InChI=1S/C13H17N/c1-13(2,3)10-11-14(4)12-8-6-5-7-9-12/h5-9H,1-4H3. The van der Waals surface area contributed by atoms with E-state index in [1.54, 1.807) is 0 Å². The maximum Gasteiger partial charge on any atom is 0.0485 e. The molecule has 1 heteroatoms. The molecule has 0 bridgehead atoms. The van der Waals surface area contributed by atoms with Crippen LogP contribution in [0, 0.1) is 17.4 Å². The largest absolute Gasteiger partial charge is 0.305 e. The molecule has 0 aliphatic heterocycles. The van der Waals surface area contributed by atoms with Crippen molar-refractivity contribution in [1.29, 1.82) is 0 Å². The summed E-state index contributed by atoms with van der Waals surface area (Å²) >= 11 is 0. The first-order valence-corrected chi connectivity index (χ1v) is 4.81. The highest BCUT2D eigenvalue weighted by Crippen LogP contribution is 2.12. The molecule has 0 N–H and O–H groups in total. The molecule has 0 amide bonds. The molecular formula is C13H17N. The third-order valence-corrected chi connectivity index (χ3v) is 1.74. The number of hydrogen-bond donors (Lipinski definition) is 0. The molecule has 0 unspecified atom stereocenters. The lowest BCUT2D eigenvalue weighted by Gasteiger charge is -2.13. The molecule has 0 aliphatic carbocycles. The minimum atomic E-state index is 0.0586. The molecule has 0 spiro atoms. The lowest BCUT2D eigenvalue weighted by Crippen LogP contribution is -2.10. The van der Waals surface area contributed by atoms with Gasteiger partial charge in [0.1, 0.15) is 0 Å². The number of nitrogens with zero attached hydrogens (tertiary/aromatic N) is 1. The molecule has 0 saturated heterocycles. The maximum atomic E-state index is 3.20. The van der Waals surface area contributed by atoms with Crippen molar-refractivity contribution in [2.45, 2.75) is 20.8 Å². The van der Waals surface area contributed by atoms with Gasteiger partial charge in [0.15, 0.2) is 0 Å². The summed E-state index contributed by atoms with van der Waals surface area (Å²) in [6.45, 7) is 6.33. The highest BCUT2D eigenvalue weighted by molar-refractivity contribution is 5.50. The fourth-order valence-electron chi connectivity index (χ4n) is 0.968. The van der Waals surface area contributed by atoms with Gasteiger partial charge in [-0.25, -0.2) is 0 Å². The quantitative estimate of drug-likeness (QED) is 0.482. The first kappa shape index (κ1) is 10.7. The molecule has 0 aliphatic rings. The van der Waals surface area contributed by atoms with Crippen molar-refractivity contribution in [2.24, 2.45) is 5.41 Å². The van der Waals surface area contributed by atoms with Crippen LogP contribution in [0.15, 0.2) is 30.3 Å². The van der Waals surface area contributed by atoms with E-state index in [4.69, 9.17) is 0 Å². The van der Waals surface area contributed by atoms with Crippen molar-refractivity contribution >= 4 is 5.69 Å². The van der Waals surface area contributed by atoms with E-state index in [0.29, 0.717) is 0 Å². The second-order valence-electron chi connectivity index (χ2n) is 4.38. The van der Waals surface area contributed by atoms with Crippen LogP contribution in [-0.4, -0.2) is 7.05 Å². The van der Waals surface area contributed by atoms with Crippen molar-refractivity contribution in [3.05, 3.63) is 30.3 Å². The molecule has 1 rings (SSSR count). The fraction of sp³-hybridized carbons (Fsp3) is 0.385. The summed E-state index contributed by atoms with van der Waals surface area (Å²) in [5.41, 5.74) is 1.19. The summed E-state index contributed by atoms with van der Waals surface area (Å²) < 4.78 is 0. The third kappa shape index (κ3) is 3.53. The SMILES string of the molecule is CN(C#CC(C)(C)C)c1ccccc1. The molecule has 0 saturated carbocycles. The Bertz CT molecular complexity index is 335. The highest BCUT2D eigenvalue weighted by Gasteiger charge is 2.04. The molecule has 0 fully saturated rings. The van der Waals surface area contributed by atoms with Crippen LogP contribution in [0.1, 0.15) is 20.8 Å². The van der Waals surface area contributed by atoms with Gasteiger partial charge >= 0.3 is 0 Å². The molecular weight excluding hydrogens is 170 g/mol. The zero-order valence-electron chi connectivity index (χ0n) is 9.33. The Kier molecular flexibility index (Phi) is 3.19. The topological polar surface area (TPSA) is 3.24 Å². The second kappa shape index (κ2) is 4.19. The van der Waals surface area contributed by atoms with Crippen molar-refractivity contribution < 1.29 is 0 Å². The van der Waals surface area contributed by atoms with Gasteiger partial charge in [-0.15, -0.1) is 0 Å². The summed E-state index contributed by atoms with van der Waals surface area (Å²) in [6.07, 6.45) is 0. The number of rotatable bonds is 1. The van der Waals surface area contributed by atoms with Gasteiger partial charge in [-0.3, -0.25) is 0 Å². The van der Waals surface area contributed by atoms with E-state index in [0.717, 1.165) is 5.69 Å². The number of hydrogen-bond acceptors (Lipinski definition) is 1. The van der Waals surface area contributed by atoms with Gasteiger partial charge in [0.25, 0.3) is 0 Å². The Balaban J connectivity index is 2.76. The number of benzene rings is 1. The molecule has 1 aromatic carbocycles. The van der Waals surface area contributed by atoms with Crippen LogP contribution in [0.25, 0.3) is 0 Å². The lowest BCUT2D eigenvalue weighted by atomic mass is 9.98. The van der Waals surface area contributed by atoms with Gasteiger partial charge < -0.3 is 4.90 Å². The summed E-state index contributed by atoms with van der Waals surface area (Å²) in [4.78, 5) is 1.95. The summed E-state index contributed by atoms with van der Waals surface area (Å²) in [7, 11) is 1.98. The zero-order chi connectivity index (χ0) is 10.6. The molecule has 0 aromatic heterocycles. The lowest BCUT2D eigenvalue weighted by molar-refractivity contribution is 0.570. The Morgan fingerprint density at radius 3 is 2.14 bits per heavy atom. The molecule has 0 atom stereocenters. The second-order valence-corrected chi connectivity index (χ2v) is 4.38.